The molecule has 2 aliphatic heterocycles. The molecule has 320 valence electrons. The molecule has 3 fully saturated rings. The maximum absolute atomic E-state index is 14.8. The molecule has 3 N–H and O–H groups in total. The number of benzene rings is 1. The molecule has 0 radical (unpaired) electrons. The van der Waals surface area contributed by atoms with Gasteiger partial charge in [0.15, 0.2) is 0 Å². The van der Waals surface area contributed by atoms with E-state index in [1.54, 1.807) is 52.8 Å². The number of rotatable bonds is 7. The second-order valence-corrected chi connectivity index (χ2v) is 19.9. The van der Waals surface area contributed by atoms with E-state index >= 15 is 0 Å². The first-order chi connectivity index (χ1) is 27.2. The van der Waals surface area contributed by atoms with Crippen LogP contribution >= 0.6 is 0 Å². The summed E-state index contributed by atoms with van der Waals surface area (Å²) in [6, 6.07) is 2.65. The van der Waals surface area contributed by atoms with E-state index in [9.17, 15) is 36.4 Å². The van der Waals surface area contributed by atoms with Gasteiger partial charge in [0.2, 0.25) is 34.1 Å². The Morgan fingerprint density at radius 3 is 2.36 bits per heavy atom. The van der Waals surface area contributed by atoms with Crippen LogP contribution in [0.5, 0.6) is 11.6 Å². The molecule has 0 unspecified atom stereocenters. The molecule has 1 saturated heterocycles. The molecule has 4 aliphatic rings. The molecule has 7 atom stereocenters. The standard InChI is InChI=1S/C40H56F2N6O9S/c1-22-13-11-9-8-10-12-14-27-34(44-28-19-24(55-7)15-16-26(28)43-27)57-29-21-48(35(50)31(38(3,4)5)45-37(52)56-22)30(23(29)2)33(49)46-40(20-25(40)32(41)42)36(51)47-58(53,54)39(6)17-18-39/h15-16,19,22-23,25,29-32H,8-14,17-18,20-21H2,1-7H3,(H,45,52)(H,46,49)(H,47,51)/t22-,23+,25-,29-,30-,31+,40+/m0/s1. The molecule has 2 bridgehead atoms. The summed E-state index contributed by atoms with van der Waals surface area (Å²) in [6.07, 6.45) is 0.336. The summed E-state index contributed by atoms with van der Waals surface area (Å²) in [5, 5.41) is 5.19. The number of hydrogen-bond donors (Lipinski definition) is 3. The topological polar surface area (TPSA) is 195 Å². The predicted molar refractivity (Wildman–Crippen MR) is 209 cm³/mol. The van der Waals surface area contributed by atoms with Crippen LogP contribution < -0.4 is 24.8 Å². The van der Waals surface area contributed by atoms with Crippen LogP contribution in [0.4, 0.5) is 13.6 Å². The van der Waals surface area contributed by atoms with Crippen molar-refractivity contribution in [3.05, 3.63) is 23.9 Å². The number of fused-ring (bicyclic) bond motifs is 4. The lowest BCUT2D eigenvalue weighted by Gasteiger charge is -2.36. The Labute approximate surface area is 338 Å². The molecule has 18 heteroatoms. The SMILES string of the molecule is COc1ccc2nc3c(nc2c1)O[C@H]1CN(C(=O)[C@H](C(C)(C)C)NC(=O)O[C@@H](C)CCCCCCC3)[C@H](C(=O)N[C@]2(C(=O)NS(=O)(=O)C3(C)CC3)C[C@H]2C(F)F)[C@@H]1C. The van der Waals surface area contributed by atoms with Crippen LogP contribution in [0.15, 0.2) is 18.2 Å². The number of aryl methyl sites for hydroxylation is 1. The number of hydrogen-bond acceptors (Lipinski definition) is 11. The van der Waals surface area contributed by atoms with Crippen LogP contribution in [0, 0.1) is 17.3 Å². The number of carbonyl (C=O) groups is 4. The smallest absolute Gasteiger partial charge is 0.408 e. The molecule has 2 saturated carbocycles. The monoisotopic (exact) mass is 834 g/mol. The van der Waals surface area contributed by atoms with E-state index in [1.165, 1.54) is 18.9 Å². The first-order valence-electron chi connectivity index (χ1n) is 20.2. The normalized spacial score (nSPS) is 29.4. The summed E-state index contributed by atoms with van der Waals surface area (Å²) < 4.78 is 73.1. The molecule has 3 heterocycles. The number of amides is 4. The Bertz CT molecular complexity index is 2030. The average Bonchev–Trinajstić information content (AvgIpc) is 4.05. The largest absolute Gasteiger partial charge is 0.497 e. The highest BCUT2D eigenvalue weighted by Gasteiger charge is 2.67. The van der Waals surface area contributed by atoms with E-state index in [2.05, 4.69) is 10.6 Å². The van der Waals surface area contributed by atoms with Crippen molar-refractivity contribution in [1.82, 2.24) is 30.2 Å². The number of alkyl halides is 2. The maximum atomic E-state index is 14.8. The van der Waals surface area contributed by atoms with Gasteiger partial charge in [-0.05, 0) is 76.3 Å². The van der Waals surface area contributed by atoms with E-state index in [-0.39, 0.29) is 25.3 Å². The van der Waals surface area contributed by atoms with Crippen LogP contribution in [0.25, 0.3) is 11.0 Å². The zero-order chi connectivity index (χ0) is 42.4. The number of sulfonamides is 1. The first-order valence-corrected chi connectivity index (χ1v) is 21.6. The summed E-state index contributed by atoms with van der Waals surface area (Å²) in [7, 11) is -2.71. The Balaban J connectivity index is 1.38. The number of nitrogens with one attached hydrogen (secondary N) is 3. The number of nitrogens with zero attached hydrogens (tertiary/aromatic N) is 3. The zero-order valence-electron chi connectivity index (χ0n) is 34.2. The number of aromatic nitrogens is 2. The van der Waals surface area contributed by atoms with E-state index in [1.807, 2.05) is 4.72 Å². The number of methoxy groups -OCH3 is 1. The van der Waals surface area contributed by atoms with Gasteiger partial charge in [-0.3, -0.25) is 19.1 Å². The van der Waals surface area contributed by atoms with Crippen molar-refractivity contribution in [2.24, 2.45) is 17.3 Å². The predicted octanol–water partition coefficient (Wildman–Crippen LogP) is 4.80. The van der Waals surface area contributed by atoms with Crippen molar-refractivity contribution in [2.45, 2.75) is 147 Å². The first kappa shape index (κ1) is 43.2. The van der Waals surface area contributed by atoms with E-state index in [0.717, 1.165) is 32.1 Å². The van der Waals surface area contributed by atoms with Crippen LogP contribution in [-0.2, 0) is 35.6 Å². The minimum Gasteiger partial charge on any atom is -0.497 e. The Morgan fingerprint density at radius 1 is 1.03 bits per heavy atom. The van der Waals surface area contributed by atoms with Gasteiger partial charge >= 0.3 is 6.09 Å². The lowest BCUT2D eigenvalue weighted by Crippen LogP contribution is -2.61. The summed E-state index contributed by atoms with van der Waals surface area (Å²) in [5.41, 5.74) is -1.48. The van der Waals surface area contributed by atoms with Crippen molar-refractivity contribution in [1.29, 1.82) is 0 Å². The molecular weight excluding hydrogens is 779 g/mol. The highest BCUT2D eigenvalue weighted by molar-refractivity contribution is 7.91. The number of cyclic esters (lactones) is 1. The molecule has 15 nitrogen and oxygen atoms in total. The molecule has 2 aliphatic carbocycles. The molecule has 2 aromatic rings. The Hall–Kier alpha value is -4.35. The highest BCUT2D eigenvalue weighted by Crippen LogP contribution is 2.49. The summed E-state index contributed by atoms with van der Waals surface area (Å²) >= 11 is 0. The van der Waals surface area contributed by atoms with E-state index in [4.69, 9.17) is 24.2 Å². The van der Waals surface area contributed by atoms with Crippen molar-refractivity contribution < 1.29 is 50.6 Å². The lowest BCUT2D eigenvalue weighted by atomic mass is 9.85. The van der Waals surface area contributed by atoms with E-state index in [0.29, 0.717) is 35.3 Å². The van der Waals surface area contributed by atoms with Gasteiger partial charge in [-0.25, -0.2) is 32.0 Å². The molecule has 6 rings (SSSR count). The van der Waals surface area contributed by atoms with Gasteiger partial charge < -0.3 is 29.7 Å². The molecule has 58 heavy (non-hydrogen) atoms. The summed E-state index contributed by atoms with van der Waals surface area (Å²) in [4.78, 5) is 67.2. The third kappa shape index (κ3) is 8.95. The molecule has 0 spiro atoms. The highest BCUT2D eigenvalue weighted by atomic mass is 32.2. The van der Waals surface area contributed by atoms with Gasteiger partial charge in [0.1, 0.15) is 41.3 Å². The lowest BCUT2D eigenvalue weighted by molar-refractivity contribution is -0.143. The third-order valence-electron chi connectivity index (χ3n) is 12.1. The van der Waals surface area contributed by atoms with Gasteiger partial charge in [-0.15, -0.1) is 0 Å². The van der Waals surface area contributed by atoms with Crippen molar-refractivity contribution in [3.63, 3.8) is 0 Å². The fourth-order valence-corrected chi connectivity index (χ4v) is 9.20. The maximum Gasteiger partial charge on any atom is 0.408 e. The van der Waals surface area contributed by atoms with Crippen molar-refractivity contribution in [3.8, 4) is 11.6 Å². The number of alkyl carbamates (subject to hydrolysis) is 1. The summed E-state index contributed by atoms with van der Waals surface area (Å²) in [5.74, 6) is -4.66. The second-order valence-electron chi connectivity index (χ2n) is 17.7. The van der Waals surface area contributed by atoms with E-state index < -0.39 is 98.5 Å². The Morgan fingerprint density at radius 2 is 1.72 bits per heavy atom. The van der Waals surface area contributed by atoms with Gasteiger partial charge in [-0.1, -0.05) is 47.0 Å². The molecule has 1 aromatic heterocycles. The van der Waals surface area contributed by atoms with Gasteiger partial charge in [0, 0.05) is 12.0 Å². The van der Waals surface area contributed by atoms with Crippen molar-refractivity contribution in [2.75, 3.05) is 13.7 Å². The van der Waals surface area contributed by atoms with Gasteiger partial charge in [0.25, 0.3) is 5.91 Å². The fraction of sp³-hybridized carbons (Fsp3) is 0.700. The van der Waals surface area contributed by atoms with Crippen molar-refractivity contribution >= 4 is 44.9 Å². The van der Waals surface area contributed by atoms with Crippen LogP contribution in [0.3, 0.4) is 0 Å². The van der Waals surface area contributed by atoms with Crippen LogP contribution in [0.1, 0.15) is 105 Å². The van der Waals surface area contributed by atoms with Crippen LogP contribution in [0.2, 0.25) is 0 Å². The number of halogens is 2. The zero-order valence-corrected chi connectivity index (χ0v) is 35.0. The van der Waals surface area contributed by atoms with Gasteiger partial charge in [0.05, 0.1) is 35.4 Å². The minimum atomic E-state index is -4.24. The average molecular weight is 835 g/mol. The molecule has 1 aromatic carbocycles. The second kappa shape index (κ2) is 16.4. The Kier molecular flexibility index (Phi) is 12.2. The number of ether oxygens (including phenoxy) is 3. The molecule has 4 amide bonds. The minimum absolute atomic E-state index is 0.195. The quantitative estimate of drug-likeness (QED) is 0.347. The summed E-state index contributed by atoms with van der Waals surface area (Å²) in [6.45, 7) is 9.90. The third-order valence-corrected chi connectivity index (χ3v) is 14.3. The van der Waals surface area contributed by atoms with Gasteiger partial charge in [-0.2, -0.15) is 0 Å². The van der Waals surface area contributed by atoms with Crippen LogP contribution in [-0.4, -0.2) is 102 Å². The number of carbonyl (C=O) groups excluding carboxylic acids is 4. The fourth-order valence-electron chi connectivity index (χ4n) is 7.89. The molecular formula is C40H56F2N6O9S.